The van der Waals surface area contributed by atoms with Crippen molar-refractivity contribution in [2.24, 2.45) is 7.05 Å². The summed E-state index contributed by atoms with van der Waals surface area (Å²) in [5, 5.41) is 11.5. The highest BCUT2D eigenvalue weighted by atomic mass is 15.2. The van der Waals surface area contributed by atoms with Crippen LogP contribution in [-0.2, 0) is 13.5 Å². The van der Waals surface area contributed by atoms with Crippen molar-refractivity contribution >= 4 is 0 Å². The topological polar surface area (TPSA) is 42.7 Å². The standard InChI is InChI=1S/C14H28N4/c1-4-5-6-7-8-9-13(2)15-11-10-14-17-16-12-18(14)3/h12-13,15H,4-11H2,1-3H3. The molecular weight excluding hydrogens is 224 g/mol. The zero-order valence-electron chi connectivity index (χ0n) is 12.2. The number of unbranched alkanes of at least 4 members (excludes halogenated alkanes) is 4. The lowest BCUT2D eigenvalue weighted by atomic mass is 10.1. The SMILES string of the molecule is CCCCCCCC(C)NCCc1nncn1C. The van der Waals surface area contributed by atoms with Gasteiger partial charge in [-0.15, -0.1) is 10.2 Å². The van der Waals surface area contributed by atoms with Crippen molar-refractivity contribution in [2.45, 2.75) is 64.8 Å². The van der Waals surface area contributed by atoms with Crippen LogP contribution in [0.15, 0.2) is 6.33 Å². The van der Waals surface area contributed by atoms with E-state index in [0.717, 1.165) is 18.8 Å². The molecule has 18 heavy (non-hydrogen) atoms. The number of rotatable bonds is 10. The van der Waals surface area contributed by atoms with Crippen LogP contribution in [0.3, 0.4) is 0 Å². The fourth-order valence-corrected chi connectivity index (χ4v) is 2.12. The Balaban J connectivity index is 2.00. The van der Waals surface area contributed by atoms with Gasteiger partial charge in [-0.05, 0) is 13.3 Å². The van der Waals surface area contributed by atoms with E-state index in [4.69, 9.17) is 0 Å². The van der Waals surface area contributed by atoms with E-state index in [9.17, 15) is 0 Å². The maximum Gasteiger partial charge on any atom is 0.133 e. The predicted octanol–water partition coefficient (Wildman–Crippen LogP) is 2.70. The van der Waals surface area contributed by atoms with Gasteiger partial charge in [0.05, 0.1) is 0 Å². The smallest absolute Gasteiger partial charge is 0.133 e. The maximum atomic E-state index is 4.08. The van der Waals surface area contributed by atoms with Crippen LogP contribution in [-0.4, -0.2) is 27.4 Å². The molecule has 104 valence electrons. The number of aromatic nitrogens is 3. The van der Waals surface area contributed by atoms with Crippen molar-refractivity contribution in [3.8, 4) is 0 Å². The van der Waals surface area contributed by atoms with Gasteiger partial charge in [0, 0.05) is 26.1 Å². The molecule has 1 rings (SSSR count). The van der Waals surface area contributed by atoms with Gasteiger partial charge >= 0.3 is 0 Å². The largest absolute Gasteiger partial charge is 0.321 e. The number of hydrogen-bond donors (Lipinski definition) is 1. The summed E-state index contributed by atoms with van der Waals surface area (Å²) in [6.07, 6.45) is 10.8. The summed E-state index contributed by atoms with van der Waals surface area (Å²) in [5.41, 5.74) is 0. The highest BCUT2D eigenvalue weighted by Crippen LogP contribution is 2.07. The molecule has 0 aliphatic carbocycles. The summed E-state index contributed by atoms with van der Waals surface area (Å²) in [6, 6.07) is 0.611. The first kappa shape index (κ1) is 15.2. The third-order valence-electron chi connectivity index (χ3n) is 3.39. The van der Waals surface area contributed by atoms with E-state index in [1.165, 1.54) is 38.5 Å². The minimum atomic E-state index is 0.611. The number of hydrogen-bond acceptors (Lipinski definition) is 3. The van der Waals surface area contributed by atoms with Crippen LogP contribution in [0.1, 0.15) is 58.2 Å². The van der Waals surface area contributed by atoms with Crippen LogP contribution < -0.4 is 5.32 Å². The van der Waals surface area contributed by atoms with Crippen LogP contribution in [0, 0.1) is 0 Å². The van der Waals surface area contributed by atoms with Gasteiger partial charge in [0.15, 0.2) is 0 Å². The Morgan fingerprint density at radius 1 is 1.28 bits per heavy atom. The first-order valence-electron chi connectivity index (χ1n) is 7.30. The van der Waals surface area contributed by atoms with Gasteiger partial charge in [-0.1, -0.05) is 39.0 Å². The van der Waals surface area contributed by atoms with Crippen LogP contribution in [0.25, 0.3) is 0 Å². The van der Waals surface area contributed by atoms with E-state index in [1.54, 1.807) is 6.33 Å². The van der Waals surface area contributed by atoms with Gasteiger partial charge in [-0.3, -0.25) is 0 Å². The summed E-state index contributed by atoms with van der Waals surface area (Å²) in [6.45, 7) is 5.52. The third kappa shape index (κ3) is 6.15. The van der Waals surface area contributed by atoms with E-state index >= 15 is 0 Å². The average molecular weight is 252 g/mol. The van der Waals surface area contributed by atoms with Crippen LogP contribution in [0.4, 0.5) is 0 Å². The fraction of sp³-hybridized carbons (Fsp3) is 0.857. The van der Waals surface area contributed by atoms with Gasteiger partial charge in [0.25, 0.3) is 0 Å². The Morgan fingerprint density at radius 3 is 2.72 bits per heavy atom. The van der Waals surface area contributed by atoms with Gasteiger partial charge in [-0.2, -0.15) is 0 Å². The highest BCUT2D eigenvalue weighted by molar-refractivity contribution is 4.85. The first-order valence-corrected chi connectivity index (χ1v) is 7.30. The molecule has 0 amide bonds. The monoisotopic (exact) mass is 252 g/mol. The van der Waals surface area contributed by atoms with Crippen LogP contribution in [0.5, 0.6) is 0 Å². The molecule has 0 fully saturated rings. The first-order chi connectivity index (χ1) is 8.74. The van der Waals surface area contributed by atoms with Crippen molar-refractivity contribution in [1.29, 1.82) is 0 Å². The summed E-state index contributed by atoms with van der Waals surface area (Å²) >= 11 is 0. The summed E-state index contributed by atoms with van der Waals surface area (Å²) in [7, 11) is 1.99. The Hall–Kier alpha value is -0.900. The number of aryl methyl sites for hydroxylation is 1. The van der Waals surface area contributed by atoms with Gasteiger partial charge in [-0.25, -0.2) is 0 Å². The molecule has 1 N–H and O–H groups in total. The van der Waals surface area contributed by atoms with Crippen molar-refractivity contribution in [3.63, 3.8) is 0 Å². The number of nitrogens with zero attached hydrogens (tertiary/aromatic N) is 3. The van der Waals surface area contributed by atoms with Crippen molar-refractivity contribution in [2.75, 3.05) is 6.54 Å². The second-order valence-corrected chi connectivity index (χ2v) is 5.17. The second-order valence-electron chi connectivity index (χ2n) is 5.17. The minimum absolute atomic E-state index is 0.611. The normalized spacial score (nSPS) is 12.8. The van der Waals surface area contributed by atoms with Gasteiger partial charge < -0.3 is 9.88 Å². The van der Waals surface area contributed by atoms with Crippen LogP contribution >= 0.6 is 0 Å². The van der Waals surface area contributed by atoms with Crippen molar-refractivity contribution in [1.82, 2.24) is 20.1 Å². The molecule has 0 bridgehead atoms. The molecule has 4 nitrogen and oxygen atoms in total. The van der Waals surface area contributed by atoms with E-state index in [0.29, 0.717) is 6.04 Å². The Bertz CT molecular complexity index is 308. The van der Waals surface area contributed by atoms with Gasteiger partial charge in [0.2, 0.25) is 0 Å². The molecular formula is C14H28N4. The lowest BCUT2D eigenvalue weighted by Crippen LogP contribution is -2.28. The predicted molar refractivity (Wildman–Crippen MR) is 75.5 cm³/mol. The second kappa shape index (κ2) is 9.09. The Kier molecular flexibility index (Phi) is 7.65. The van der Waals surface area contributed by atoms with E-state index in [-0.39, 0.29) is 0 Å². The summed E-state index contributed by atoms with van der Waals surface area (Å²) in [5.74, 6) is 1.05. The lowest BCUT2D eigenvalue weighted by molar-refractivity contribution is 0.479. The fourth-order valence-electron chi connectivity index (χ4n) is 2.12. The minimum Gasteiger partial charge on any atom is -0.321 e. The zero-order valence-corrected chi connectivity index (χ0v) is 12.2. The van der Waals surface area contributed by atoms with E-state index in [1.807, 2.05) is 11.6 Å². The summed E-state index contributed by atoms with van der Waals surface area (Å²) < 4.78 is 1.98. The molecule has 4 heteroatoms. The van der Waals surface area contributed by atoms with Crippen molar-refractivity contribution in [3.05, 3.63) is 12.2 Å². The molecule has 0 spiro atoms. The van der Waals surface area contributed by atoms with Gasteiger partial charge in [0.1, 0.15) is 12.2 Å². The lowest BCUT2D eigenvalue weighted by Gasteiger charge is -2.13. The highest BCUT2D eigenvalue weighted by Gasteiger charge is 2.03. The molecule has 1 heterocycles. The van der Waals surface area contributed by atoms with E-state index < -0.39 is 0 Å². The van der Waals surface area contributed by atoms with E-state index in [2.05, 4.69) is 29.4 Å². The zero-order chi connectivity index (χ0) is 13.2. The average Bonchev–Trinajstić information content (AvgIpc) is 2.75. The van der Waals surface area contributed by atoms with Crippen molar-refractivity contribution < 1.29 is 0 Å². The molecule has 0 aromatic carbocycles. The van der Waals surface area contributed by atoms with Crippen LogP contribution in [0.2, 0.25) is 0 Å². The molecule has 0 aliphatic heterocycles. The molecule has 1 atom stereocenters. The molecule has 1 unspecified atom stereocenters. The molecule has 0 saturated heterocycles. The molecule has 0 radical (unpaired) electrons. The molecule has 0 aliphatic rings. The third-order valence-corrected chi connectivity index (χ3v) is 3.39. The molecule has 1 aromatic rings. The number of nitrogens with one attached hydrogen (secondary N) is 1. The molecule has 1 aromatic heterocycles. The Labute approximate surface area is 111 Å². The summed E-state index contributed by atoms with van der Waals surface area (Å²) in [4.78, 5) is 0. The Morgan fingerprint density at radius 2 is 2.06 bits per heavy atom. The molecule has 0 saturated carbocycles. The maximum absolute atomic E-state index is 4.08. The quantitative estimate of drug-likeness (QED) is 0.651.